The van der Waals surface area contributed by atoms with Crippen LogP contribution in [0.2, 0.25) is 5.02 Å². The van der Waals surface area contributed by atoms with Gasteiger partial charge in [0.2, 0.25) is 0 Å². The number of amides is 1. The summed E-state index contributed by atoms with van der Waals surface area (Å²) in [5, 5.41) is 7.68. The summed E-state index contributed by atoms with van der Waals surface area (Å²) in [6, 6.07) is 7.58. The third-order valence-electron chi connectivity index (χ3n) is 3.81. The van der Waals surface area contributed by atoms with Gasteiger partial charge in [0.05, 0.1) is 16.6 Å². The highest BCUT2D eigenvalue weighted by atomic mass is 79.9. The van der Waals surface area contributed by atoms with Crippen molar-refractivity contribution in [1.82, 2.24) is 10.2 Å². The second-order valence-corrected chi connectivity index (χ2v) is 7.23. The lowest BCUT2D eigenvalue weighted by Gasteiger charge is -2.29. The molecule has 0 aliphatic rings. The van der Waals surface area contributed by atoms with Crippen LogP contribution in [-0.4, -0.2) is 30.4 Å². The van der Waals surface area contributed by atoms with Gasteiger partial charge >= 0.3 is 0 Å². The van der Waals surface area contributed by atoms with Crippen molar-refractivity contribution < 1.29 is 4.79 Å². The summed E-state index contributed by atoms with van der Waals surface area (Å²) in [5.41, 5.74) is 1.74. The molecule has 0 fully saturated rings. The molecule has 0 saturated carbocycles. The zero-order valence-corrected chi connectivity index (χ0v) is 16.3. The minimum atomic E-state index is -0.144. The van der Waals surface area contributed by atoms with Gasteiger partial charge < -0.3 is 5.32 Å². The fraction of sp³-hybridized carbons (Fsp3) is 0.353. The quantitative estimate of drug-likeness (QED) is 0.692. The Hall–Kier alpha value is -0.880. The summed E-state index contributed by atoms with van der Waals surface area (Å²) in [5.74, 6) is -0.144. The van der Waals surface area contributed by atoms with Crippen LogP contribution in [0.3, 0.4) is 0 Å². The summed E-state index contributed by atoms with van der Waals surface area (Å²) in [6.45, 7) is 6.70. The van der Waals surface area contributed by atoms with E-state index in [9.17, 15) is 4.79 Å². The number of nitrogens with one attached hydrogen (secondary N) is 1. The van der Waals surface area contributed by atoms with Gasteiger partial charge in [0.15, 0.2) is 0 Å². The minimum Gasteiger partial charge on any atom is -0.350 e. The first-order chi connectivity index (χ1) is 11.1. The number of benzene rings is 1. The molecular formula is C17H20BrClN2OS. The second kappa shape index (κ2) is 8.83. The molecule has 0 aliphatic carbocycles. The number of carbonyl (C=O) groups excluding carboxylic acids is 1. The Morgan fingerprint density at radius 2 is 2.09 bits per heavy atom. The average Bonchev–Trinajstić information content (AvgIpc) is 3.05. The van der Waals surface area contributed by atoms with Gasteiger partial charge in [-0.15, -0.1) is 0 Å². The van der Waals surface area contributed by atoms with Gasteiger partial charge in [-0.3, -0.25) is 9.69 Å². The Labute approximate surface area is 154 Å². The van der Waals surface area contributed by atoms with E-state index in [0.29, 0.717) is 17.1 Å². The number of carbonyl (C=O) groups is 1. The lowest BCUT2D eigenvalue weighted by Crippen LogP contribution is -2.38. The number of nitrogens with zero attached hydrogens (tertiary/aromatic N) is 1. The predicted molar refractivity (Wildman–Crippen MR) is 101 cm³/mol. The smallest absolute Gasteiger partial charge is 0.252 e. The summed E-state index contributed by atoms with van der Waals surface area (Å²) in [4.78, 5) is 14.8. The summed E-state index contributed by atoms with van der Waals surface area (Å²) in [6.07, 6.45) is 0. The number of likely N-dealkylation sites (N-methyl/N-ethyl adjacent to an activating group) is 1. The first kappa shape index (κ1) is 18.5. The molecule has 1 N–H and O–H groups in total. The first-order valence-electron chi connectivity index (χ1n) is 7.56. The molecule has 2 rings (SSSR count). The van der Waals surface area contributed by atoms with Crippen molar-refractivity contribution in [1.29, 1.82) is 0 Å². The van der Waals surface area contributed by atoms with E-state index in [1.165, 1.54) is 5.56 Å². The van der Waals surface area contributed by atoms with E-state index >= 15 is 0 Å². The zero-order valence-electron chi connectivity index (χ0n) is 13.2. The molecule has 1 unspecified atom stereocenters. The van der Waals surface area contributed by atoms with E-state index in [0.717, 1.165) is 17.6 Å². The Balaban J connectivity index is 2.10. The molecule has 6 heteroatoms. The van der Waals surface area contributed by atoms with Crippen LogP contribution >= 0.6 is 38.9 Å². The molecule has 1 heterocycles. The molecule has 2 aromatic rings. The van der Waals surface area contributed by atoms with Crippen molar-refractivity contribution in [2.45, 2.75) is 19.9 Å². The van der Waals surface area contributed by atoms with Crippen molar-refractivity contribution in [2.24, 2.45) is 0 Å². The molecule has 3 nitrogen and oxygen atoms in total. The van der Waals surface area contributed by atoms with E-state index in [1.54, 1.807) is 23.5 Å². The molecule has 0 radical (unpaired) electrons. The average molecular weight is 416 g/mol. The van der Waals surface area contributed by atoms with Crippen molar-refractivity contribution in [3.63, 3.8) is 0 Å². The van der Waals surface area contributed by atoms with Crippen LogP contribution in [0.15, 0.2) is 39.5 Å². The highest BCUT2D eigenvalue weighted by Gasteiger charge is 2.20. The van der Waals surface area contributed by atoms with E-state index < -0.39 is 0 Å². The highest BCUT2D eigenvalue weighted by molar-refractivity contribution is 9.10. The summed E-state index contributed by atoms with van der Waals surface area (Å²) in [7, 11) is 0. The predicted octanol–water partition coefficient (Wildman–Crippen LogP) is 4.98. The van der Waals surface area contributed by atoms with Crippen LogP contribution in [0, 0.1) is 0 Å². The number of rotatable bonds is 7. The topological polar surface area (TPSA) is 32.3 Å². The summed E-state index contributed by atoms with van der Waals surface area (Å²) < 4.78 is 0.860. The van der Waals surface area contributed by atoms with Crippen molar-refractivity contribution in [3.8, 4) is 0 Å². The molecular weight excluding hydrogens is 396 g/mol. The van der Waals surface area contributed by atoms with Gasteiger partial charge in [-0.25, -0.2) is 0 Å². The van der Waals surface area contributed by atoms with E-state index in [1.807, 2.05) is 6.07 Å². The number of thiophene rings is 1. The maximum absolute atomic E-state index is 12.4. The van der Waals surface area contributed by atoms with Gasteiger partial charge in [0.25, 0.3) is 5.91 Å². The zero-order chi connectivity index (χ0) is 16.8. The van der Waals surface area contributed by atoms with E-state index in [2.05, 4.69) is 56.8 Å². The van der Waals surface area contributed by atoms with Crippen LogP contribution in [0.5, 0.6) is 0 Å². The molecule has 1 aromatic heterocycles. The van der Waals surface area contributed by atoms with Crippen LogP contribution in [-0.2, 0) is 0 Å². The lowest BCUT2D eigenvalue weighted by molar-refractivity contribution is 0.0935. The standard InChI is InChI=1S/C17H20BrClN2OS/c1-3-21(4-2)16(12-7-8-23-11-12)10-20-17(22)14-6-5-13(18)9-15(14)19/h5-9,11,16H,3-4,10H2,1-2H3,(H,20,22). The maximum atomic E-state index is 12.4. The fourth-order valence-electron chi connectivity index (χ4n) is 2.54. The number of hydrogen-bond acceptors (Lipinski definition) is 3. The largest absolute Gasteiger partial charge is 0.350 e. The van der Waals surface area contributed by atoms with Gasteiger partial charge in [-0.2, -0.15) is 11.3 Å². The van der Waals surface area contributed by atoms with Crippen molar-refractivity contribution in [2.75, 3.05) is 19.6 Å². The molecule has 124 valence electrons. The Morgan fingerprint density at radius 1 is 1.35 bits per heavy atom. The minimum absolute atomic E-state index is 0.144. The Morgan fingerprint density at radius 3 is 2.65 bits per heavy atom. The van der Waals surface area contributed by atoms with Gasteiger partial charge in [0.1, 0.15) is 0 Å². The molecule has 0 spiro atoms. The molecule has 1 amide bonds. The fourth-order valence-corrected chi connectivity index (χ4v) is 4.01. The van der Waals surface area contributed by atoms with Gasteiger partial charge in [-0.05, 0) is 53.7 Å². The normalized spacial score (nSPS) is 12.4. The first-order valence-corrected chi connectivity index (χ1v) is 9.67. The van der Waals surface area contributed by atoms with Crippen molar-refractivity contribution in [3.05, 3.63) is 55.6 Å². The molecule has 1 atom stereocenters. The van der Waals surface area contributed by atoms with Crippen molar-refractivity contribution >= 4 is 44.8 Å². The maximum Gasteiger partial charge on any atom is 0.252 e. The van der Waals surface area contributed by atoms with Crippen LogP contribution in [0.1, 0.15) is 35.8 Å². The van der Waals surface area contributed by atoms with Crippen LogP contribution in [0.25, 0.3) is 0 Å². The Bertz CT molecular complexity index is 644. The van der Waals surface area contributed by atoms with E-state index in [4.69, 9.17) is 11.6 Å². The summed E-state index contributed by atoms with van der Waals surface area (Å²) >= 11 is 11.2. The highest BCUT2D eigenvalue weighted by Crippen LogP contribution is 2.24. The van der Waals surface area contributed by atoms with Gasteiger partial charge in [-0.1, -0.05) is 41.4 Å². The van der Waals surface area contributed by atoms with E-state index in [-0.39, 0.29) is 11.9 Å². The molecule has 23 heavy (non-hydrogen) atoms. The SMILES string of the molecule is CCN(CC)C(CNC(=O)c1ccc(Br)cc1Cl)c1ccsc1. The van der Waals surface area contributed by atoms with Gasteiger partial charge in [0, 0.05) is 11.0 Å². The second-order valence-electron chi connectivity index (χ2n) is 5.13. The third-order valence-corrected chi connectivity index (χ3v) is 5.32. The molecule has 0 aliphatic heterocycles. The number of hydrogen-bond donors (Lipinski definition) is 1. The monoisotopic (exact) mass is 414 g/mol. The Kier molecular flexibility index (Phi) is 7.09. The molecule has 0 saturated heterocycles. The third kappa shape index (κ3) is 4.80. The molecule has 1 aromatic carbocycles. The molecule has 0 bridgehead atoms. The number of halogens is 2. The van der Waals surface area contributed by atoms with Crippen LogP contribution < -0.4 is 5.32 Å². The van der Waals surface area contributed by atoms with Crippen LogP contribution in [0.4, 0.5) is 0 Å². The lowest BCUT2D eigenvalue weighted by atomic mass is 10.1.